The molecule has 1 aromatic heterocycles. The SMILES string of the molecule is COc1ccc(Cn2ccc(NC(=O)[C@H]3COc4ccccc43)n2)cc1. The van der Waals surface area contributed by atoms with Crippen LogP contribution >= 0.6 is 0 Å². The molecule has 1 aliphatic rings. The van der Waals surface area contributed by atoms with Crippen molar-refractivity contribution < 1.29 is 14.3 Å². The Morgan fingerprint density at radius 1 is 1.23 bits per heavy atom. The molecule has 6 nitrogen and oxygen atoms in total. The highest BCUT2D eigenvalue weighted by Gasteiger charge is 2.30. The van der Waals surface area contributed by atoms with E-state index in [1.165, 1.54) is 0 Å². The molecule has 0 fully saturated rings. The molecule has 4 rings (SSSR count). The molecule has 1 atom stereocenters. The van der Waals surface area contributed by atoms with Crippen molar-refractivity contribution in [3.63, 3.8) is 0 Å². The third-order valence-corrected chi connectivity index (χ3v) is 4.41. The highest BCUT2D eigenvalue weighted by molar-refractivity contribution is 5.96. The number of carbonyl (C=O) groups is 1. The Hall–Kier alpha value is -3.28. The number of aromatic nitrogens is 2. The highest BCUT2D eigenvalue weighted by atomic mass is 16.5. The van der Waals surface area contributed by atoms with Crippen LogP contribution in [0.3, 0.4) is 0 Å². The molecule has 0 saturated heterocycles. The van der Waals surface area contributed by atoms with Gasteiger partial charge in [0.1, 0.15) is 24.0 Å². The van der Waals surface area contributed by atoms with Crippen LogP contribution in [0.2, 0.25) is 0 Å². The van der Waals surface area contributed by atoms with Crippen molar-refractivity contribution in [2.75, 3.05) is 19.0 Å². The summed E-state index contributed by atoms with van der Waals surface area (Å²) in [5.41, 5.74) is 2.02. The second-order valence-electron chi connectivity index (χ2n) is 6.14. The Morgan fingerprint density at radius 3 is 2.85 bits per heavy atom. The Morgan fingerprint density at radius 2 is 2.04 bits per heavy atom. The maximum absolute atomic E-state index is 12.6. The summed E-state index contributed by atoms with van der Waals surface area (Å²) in [6, 6.07) is 17.2. The fourth-order valence-corrected chi connectivity index (χ4v) is 3.03. The van der Waals surface area contributed by atoms with E-state index in [9.17, 15) is 4.79 Å². The van der Waals surface area contributed by atoms with Gasteiger partial charge in [0.25, 0.3) is 0 Å². The first-order valence-electron chi connectivity index (χ1n) is 8.42. The molecule has 26 heavy (non-hydrogen) atoms. The van der Waals surface area contributed by atoms with E-state index in [0.717, 1.165) is 22.6 Å². The summed E-state index contributed by atoms with van der Waals surface area (Å²) in [5, 5.41) is 7.31. The molecule has 3 aromatic rings. The van der Waals surface area contributed by atoms with Gasteiger partial charge in [0.05, 0.1) is 13.7 Å². The number of carbonyl (C=O) groups excluding carboxylic acids is 1. The number of hydrogen-bond acceptors (Lipinski definition) is 4. The van der Waals surface area contributed by atoms with Gasteiger partial charge in [0.15, 0.2) is 5.82 Å². The van der Waals surface area contributed by atoms with Crippen molar-refractivity contribution in [2.45, 2.75) is 12.5 Å². The topological polar surface area (TPSA) is 65.4 Å². The minimum Gasteiger partial charge on any atom is -0.497 e. The van der Waals surface area contributed by atoms with Crippen molar-refractivity contribution in [3.8, 4) is 11.5 Å². The van der Waals surface area contributed by atoms with Gasteiger partial charge in [-0.05, 0) is 23.8 Å². The molecule has 132 valence electrons. The first kappa shape index (κ1) is 16.2. The van der Waals surface area contributed by atoms with Crippen LogP contribution in [0.25, 0.3) is 0 Å². The van der Waals surface area contributed by atoms with Gasteiger partial charge in [-0.25, -0.2) is 0 Å². The fraction of sp³-hybridized carbons (Fsp3) is 0.200. The minimum absolute atomic E-state index is 0.107. The maximum Gasteiger partial charge on any atom is 0.236 e. The van der Waals surface area contributed by atoms with Crippen LogP contribution in [0.4, 0.5) is 5.82 Å². The zero-order valence-electron chi connectivity index (χ0n) is 14.4. The van der Waals surface area contributed by atoms with E-state index in [1.54, 1.807) is 17.9 Å². The van der Waals surface area contributed by atoms with Gasteiger partial charge in [0.2, 0.25) is 5.91 Å². The molecule has 6 heteroatoms. The smallest absolute Gasteiger partial charge is 0.236 e. The van der Waals surface area contributed by atoms with Gasteiger partial charge in [-0.3, -0.25) is 9.48 Å². The van der Waals surface area contributed by atoms with Crippen molar-refractivity contribution in [2.24, 2.45) is 0 Å². The summed E-state index contributed by atoms with van der Waals surface area (Å²) in [5.74, 6) is 1.72. The Bertz CT molecular complexity index is 918. The summed E-state index contributed by atoms with van der Waals surface area (Å²) >= 11 is 0. The van der Waals surface area contributed by atoms with Crippen LogP contribution in [-0.4, -0.2) is 29.4 Å². The number of nitrogens with zero attached hydrogens (tertiary/aromatic N) is 2. The lowest BCUT2D eigenvalue weighted by Gasteiger charge is -2.08. The third-order valence-electron chi connectivity index (χ3n) is 4.41. The maximum atomic E-state index is 12.6. The lowest BCUT2D eigenvalue weighted by molar-refractivity contribution is -0.117. The fourth-order valence-electron chi connectivity index (χ4n) is 3.03. The molecule has 1 aliphatic heterocycles. The Labute approximate surface area is 151 Å². The monoisotopic (exact) mass is 349 g/mol. The number of anilines is 1. The first-order valence-corrected chi connectivity index (χ1v) is 8.42. The second-order valence-corrected chi connectivity index (χ2v) is 6.14. The quantitative estimate of drug-likeness (QED) is 0.769. The van der Waals surface area contributed by atoms with Crippen molar-refractivity contribution in [3.05, 3.63) is 71.9 Å². The molecule has 0 radical (unpaired) electrons. The normalized spacial score (nSPS) is 15.2. The predicted octanol–water partition coefficient (Wildman–Crippen LogP) is 3.05. The third kappa shape index (κ3) is 3.26. The molecular formula is C20H19N3O3. The summed E-state index contributed by atoms with van der Waals surface area (Å²) < 4.78 is 12.5. The van der Waals surface area contributed by atoms with Crippen molar-refractivity contribution >= 4 is 11.7 Å². The van der Waals surface area contributed by atoms with E-state index >= 15 is 0 Å². The van der Waals surface area contributed by atoms with Gasteiger partial charge >= 0.3 is 0 Å². The van der Waals surface area contributed by atoms with Crippen LogP contribution < -0.4 is 14.8 Å². The molecule has 0 saturated carbocycles. The largest absolute Gasteiger partial charge is 0.497 e. The van der Waals surface area contributed by atoms with Crippen LogP contribution in [0.5, 0.6) is 11.5 Å². The number of benzene rings is 2. The zero-order valence-corrected chi connectivity index (χ0v) is 14.4. The predicted molar refractivity (Wildman–Crippen MR) is 97.6 cm³/mol. The number of nitrogens with one attached hydrogen (secondary N) is 1. The molecule has 1 amide bonds. The first-order chi connectivity index (χ1) is 12.7. The molecule has 0 bridgehead atoms. The van der Waals surface area contributed by atoms with E-state index in [1.807, 2.05) is 54.7 Å². The van der Waals surface area contributed by atoms with Gasteiger partial charge in [-0.15, -0.1) is 0 Å². The molecule has 2 heterocycles. The molecule has 0 aliphatic carbocycles. The second kappa shape index (κ2) is 6.92. The summed E-state index contributed by atoms with van der Waals surface area (Å²) in [6.07, 6.45) is 1.85. The summed E-state index contributed by atoms with van der Waals surface area (Å²) in [7, 11) is 1.64. The number of fused-ring (bicyclic) bond motifs is 1. The average molecular weight is 349 g/mol. The van der Waals surface area contributed by atoms with Crippen LogP contribution in [-0.2, 0) is 11.3 Å². The number of hydrogen-bond donors (Lipinski definition) is 1. The lowest BCUT2D eigenvalue weighted by atomic mass is 10.0. The van der Waals surface area contributed by atoms with E-state index in [4.69, 9.17) is 9.47 Å². The Kier molecular flexibility index (Phi) is 4.31. The highest BCUT2D eigenvalue weighted by Crippen LogP contribution is 2.34. The molecule has 2 aromatic carbocycles. The van der Waals surface area contributed by atoms with Gasteiger partial charge in [-0.1, -0.05) is 30.3 Å². The van der Waals surface area contributed by atoms with Gasteiger partial charge in [0, 0.05) is 17.8 Å². The minimum atomic E-state index is -0.307. The van der Waals surface area contributed by atoms with Crippen LogP contribution in [0.1, 0.15) is 17.0 Å². The molecular weight excluding hydrogens is 330 g/mol. The van der Waals surface area contributed by atoms with Gasteiger partial charge in [-0.2, -0.15) is 5.10 Å². The number of rotatable bonds is 5. The number of para-hydroxylation sites is 1. The lowest BCUT2D eigenvalue weighted by Crippen LogP contribution is -2.22. The average Bonchev–Trinajstić information content (AvgIpc) is 3.29. The van der Waals surface area contributed by atoms with Gasteiger partial charge < -0.3 is 14.8 Å². The van der Waals surface area contributed by atoms with E-state index in [2.05, 4.69) is 10.4 Å². The van der Waals surface area contributed by atoms with Crippen LogP contribution in [0, 0.1) is 0 Å². The Balaban J connectivity index is 1.41. The summed E-state index contributed by atoms with van der Waals surface area (Å²) in [4.78, 5) is 12.6. The number of methoxy groups -OCH3 is 1. The van der Waals surface area contributed by atoms with E-state index < -0.39 is 0 Å². The molecule has 1 N–H and O–H groups in total. The zero-order chi connectivity index (χ0) is 17.9. The van der Waals surface area contributed by atoms with Crippen molar-refractivity contribution in [1.29, 1.82) is 0 Å². The summed E-state index contributed by atoms with van der Waals surface area (Å²) in [6.45, 7) is 0.979. The molecule has 0 unspecified atom stereocenters. The van der Waals surface area contributed by atoms with Crippen LogP contribution in [0.15, 0.2) is 60.8 Å². The number of ether oxygens (including phenoxy) is 2. The van der Waals surface area contributed by atoms with Crippen molar-refractivity contribution in [1.82, 2.24) is 9.78 Å². The van der Waals surface area contributed by atoms with E-state index in [0.29, 0.717) is 19.0 Å². The standard InChI is InChI=1S/C20H19N3O3/c1-25-15-8-6-14(7-9-15)12-23-11-10-19(22-23)21-20(24)17-13-26-18-5-3-2-4-16(17)18/h2-11,17H,12-13H2,1H3,(H,21,22,24)/t17-/m0/s1. The van der Waals surface area contributed by atoms with E-state index in [-0.39, 0.29) is 11.8 Å². The molecule has 0 spiro atoms. The number of amides is 1.